The molecule has 3 aromatic rings. The van der Waals surface area contributed by atoms with Gasteiger partial charge in [-0.1, -0.05) is 49.7 Å². The number of unbranched alkanes of at least 4 members (excludes halogenated alkanes) is 1. The summed E-state index contributed by atoms with van der Waals surface area (Å²) in [5.41, 5.74) is 1.51. The minimum absolute atomic E-state index is 0.179. The predicted octanol–water partition coefficient (Wildman–Crippen LogP) is 5.00. The maximum Gasteiger partial charge on any atom is 0.338 e. The van der Waals surface area contributed by atoms with Gasteiger partial charge in [0.25, 0.3) is 0 Å². The fourth-order valence-corrected chi connectivity index (χ4v) is 3.20. The van der Waals surface area contributed by atoms with E-state index in [9.17, 15) is 14.4 Å². The Morgan fingerprint density at radius 3 is 1.81 bits per heavy atom. The van der Waals surface area contributed by atoms with Crippen molar-refractivity contribution in [1.82, 2.24) is 0 Å². The Bertz CT molecular complexity index is 1120. The summed E-state index contributed by atoms with van der Waals surface area (Å²) in [7, 11) is 0. The number of esters is 2. The van der Waals surface area contributed by atoms with Gasteiger partial charge in [0.15, 0.2) is 5.43 Å². The molecular formula is C26H26O6. The first-order valence-corrected chi connectivity index (χ1v) is 10.6. The highest BCUT2D eigenvalue weighted by Crippen LogP contribution is 2.18. The summed E-state index contributed by atoms with van der Waals surface area (Å²) in [6.45, 7) is 3.30. The highest BCUT2D eigenvalue weighted by Gasteiger charge is 2.19. The first-order valence-electron chi connectivity index (χ1n) is 10.6. The Labute approximate surface area is 186 Å². The van der Waals surface area contributed by atoms with Crippen LogP contribution in [0, 0.1) is 6.92 Å². The highest BCUT2D eigenvalue weighted by molar-refractivity contribution is 5.89. The lowest BCUT2D eigenvalue weighted by atomic mass is 10.0. The Morgan fingerprint density at radius 1 is 0.812 bits per heavy atom. The summed E-state index contributed by atoms with van der Waals surface area (Å²) in [4.78, 5) is 37.6. The van der Waals surface area contributed by atoms with Gasteiger partial charge >= 0.3 is 11.9 Å². The number of hydrogen-bond acceptors (Lipinski definition) is 6. The van der Waals surface area contributed by atoms with E-state index in [2.05, 4.69) is 0 Å². The minimum Gasteiger partial charge on any atom is -0.458 e. The SMILES string of the molecule is CCCCc1c(COC(=O)c2ccccc2)oc(COC(=O)c2ccccc2)c(C)c1=O. The molecule has 0 aliphatic heterocycles. The van der Waals surface area contributed by atoms with Crippen molar-refractivity contribution in [3.63, 3.8) is 0 Å². The van der Waals surface area contributed by atoms with E-state index >= 15 is 0 Å². The van der Waals surface area contributed by atoms with Crippen LogP contribution in [0.1, 0.15) is 63.1 Å². The average Bonchev–Trinajstić information content (AvgIpc) is 2.84. The molecule has 0 N–H and O–H groups in total. The van der Waals surface area contributed by atoms with Gasteiger partial charge in [-0.2, -0.15) is 0 Å². The van der Waals surface area contributed by atoms with Crippen LogP contribution in [-0.2, 0) is 29.1 Å². The molecular weight excluding hydrogens is 408 g/mol. The van der Waals surface area contributed by atoms with Crippen LogP contribution >= 0.6 is 0 Å². The predicted molar refractivity (Wildman–Crippen MR) is 119 cm³/mol. The van der Waals surface area contributed by atoms with E-state index in [1.807, 2.05) is 13.0 Å². The summed E-state index contributed by atoms with van der Waals surface area (Å²) in [5.74, 6) is -0.499. The van der Waals surface area contributed by atoms with Gasteiger partial charge < -0.3 is 13.9 Å². The molecule has 0 saturated carbocycles. The molecule has 3 rings (SSSR count). The van der Waals surface area contributed by atoms with E-state index in [0.29, 0.717) is 28.7 Å². The summed E-state index contributed by atoms with van der Waals surface area (Å²) in [6.07, 6.45) is 2.21. The normalized spacial score (nSPS) is 10.6. The van der Waals surface area contributed by atoms with Gasteiger partial charge in [-0.15, -0.1) is 0 Å². The van der Waals surface area contributed by atoms with E-state index in [1.54, 1.807) is 61.5 Å². The molecule has 2 aromatic carbocycles. The number of rotatable bonds is 9. The smallest absolute Gasteiger partial charge is 0.338 e. The van der Waals surface area contributed by atoms with Crippen LogP contribution in [0.2, 0.25) is 0 Å². The first kappa shape index (κ1) is 23.0. The Balaban J connectivity index is 1.81. The molecule has 166 valence electrons. The van der Waals surface area contributed by atoms with Crippen molar-refractivity contribution in [2.45, 2.75) is 46.3 Å². The zero-order valence-corrected chi connectivity index (χ0v) is 18.3. The molecule has 0 aliphatic carbocycles. The summed E-state index contributed by atoms with van der Waals surface area (Å²) < 4.78 is 16.7. The maximum atomic E-state index is 13.0. The van der Waals surface area contributed by atoms with Crippen molar-refractivity contribution >= 4 is 11.9 Å². The van der Waals surface area contributed by atoms with Crippen LogP contribution in [-0.4, -0.2) is 11.9 Å². The lowest BCUT2D eigenvalue weighted by Crippen LogP contribution is -2.20. The third-order valence-corrected chi connectivity index (χ3v) is 5.08. The van der Waals surface area contributed by atoms with Crippen molar-refractivity contribution in [2.75, 3.05) is 0 Å². The molecule has 0 unspecified atom stereocenters. The largest absolute Gasteiger partial charge is 0.458 e. The molecule has 0 radical (unpaired) electrons. The highest BCUT2D eigenvalue weighted by atomic mass is 16.6. The van der Waals surface area contributed by atoms with E-state index in [4.69, 9.17) is 13.9 Å². The molecule has 1 heterocycles. The van der Waals surface area contributed by atoms with Gasteiger partial charge in [-0.05, 0) is 44.0 Å². The Hall–Kier alpha value is -3.67. The number of ether oxygens (including phenoxy) is 2. The number of carbonyl (C=O) groups excluding carboxylic acids is 2. The summed E-state index contributed by atoms with van der Waals surface area (Å²) in [5, 5.41) is 0. The van der Waals surface area contributed by atoms with E-state index in [1.165, 1.54) is 0 Å². The molecule has 0 spiro atoms. The van der Waals surface area contributed by atoms with Crippen LogP contribution in [0.4, 0.5) is 0 Å². The molecule has 6 heteroatoms. The van der Waals surface area contributed by atoms with Gasteiger partial charge in [0.05, 0.1) is 11.1 Å². The fraction of sp³-hybridized carbons (Fsp3) is 0.269. The van der Waals surface area contributed by atoms with E-state index in [0.717, 1.165) is 12.8 Å². The van der Waals surface area contributed by atoms with Crippen molar-refractivity contribution in [3.05, 3.63) is 105 Å². The van der Waals surface area contributed by atoms with Gasteiger partial charge in [-0.3, -0.25) is 4.79 Å². The van der Waals surface area contributed by atoms with Crippen molar-refractivity contribution in [1.29, 1.82) is 0 Å². The third-order valence-electron chi connectivity index (χ3n) is 5.08. The van der Waals surface area contributed by atoms with Crippen molar-refractivity contribution in [2.24, 2.45) is 0 Å². The molecule has 6 nitrogen and oxygen atoms in total. The third kappa shape index (κ3) is 5.72. The maximum absolute atomic E-state index is 13.0. The molecule has 0 fully saturated rings. The lowest BCUT2D eigenvalue weighted by Gasteiger charge is -2.13. The quantitative estimate of drug-likeness (QED) is 0.441. The van der Waals surface area contributed by atoms with Crippen LogP contribution in [0.15, 0.2) is 69.9 Å². The number of hydrogen-bond donors (Lipinski definition) is 0. The van der Waals surface area contributed by atoms with Gasteiger partial charge in [0.1, 0.15) is 24.7 Å². The Morgan fingerprint density at radius 2 is 1.31 bits per heavy atom. The number of carbonyl (C=O) groups is 2. The topological polar surface area (TPSA) is 82.8 Å². The molecule has 0 atom stereocenters. The molecule has 0 amide bonds. The fourth-order valence-electron chi connectivity index (χ4n) is 3.20. The van der Waals surface area contributed by atoms with E-state index in [-0.39, 0.29) is 30.2 Å². The standard InChI is InChI=1S/C26H26O6/c1-3-4-15-21-23(17-31-26(29)20-13-9-6-10-14-20)32-22(18(2)24(21)27)16-30-25(28)19-11-7-5-8-12-19/h5-14H,3-4,15-17H2,1-2H3. The first-order chi connectivity index (χ1) is 15.5. The second kappa shape index (κ2) is 11.1. The van der Waals surface area contributed by atoms with Gasteiger partial charge in [-0.25, -0.2) is 9.59 Å². The van der Waals surface area contributed by atoms with Crippen molar-refractivity contribution in [3.8, 4) is 0 Å². The monoisotopic (exact) mass is 434 g/mol. The minimum atomic E-state index is -0.514. The summed E-state index contributed by atoms with van der Waals surface area (Å²) in [6, 6.07) is 17.2. The molecule has 0 saturated heterocycles. The molecule has 0 bridgehead atoms. The second-order valence-corrected chi connectivity index (χ2v) is 7.37. The van der Waals surface area contributed by atoms with Crippen molar-refractivity contribution < 1.29 is 23.5 Å². The molecule has 1 aromatic heterocycles. The van der Waals surface area contributed by atoms with E-state index < -0.39 is 11.9 Å². The van der Waals surface area contributed by atoms with Crippen LogP contribution in [0.5, 0.6) is 0 Å². The van der Waals surface area contributed by atoms with Crippen LogP contribution < -0.4 is 5.43 Å². The van der Waals surface area contributed by atoms with Gasteiger partial charge in [0, 0.05) is 11.1 Å². The number of benzene rings is 2. The zero-order chi connectivity index (χ0) is 22.9. The van der Waals surface area contributed by atoms with Crippen LogP contribution in [0.3, 0.4) is 0 Å². The lowest BCUT2D eigenvalue weighted by molar-refractivity contribution is 0.0406. The second-order valence-electron chi connectivity index (χ2n) is 7.37. The Kier molecular flexibility index (Phi) is 7.97. The zero-order valence-electron chi connectivity index (χ0n) is 18.3. The molecule has 0 aliphatic rings. The van der Waals surface area contributed by atoms with Gasteiger partial charge in [0.2, 0.25) is 0 Å². The molecule has 32 heavy (non-hydrogen) atoms. The summed E-state index contributed by atoms with van der Waals surface area (Å²) >= 11 is 0. The average molecular weight is 434 g/mol. The van der Waals surface area contributed by atoms with Crippen LogP contribution in [0.25, 0.3) is 0 Å².